The summed E-state index contributed by atoms with van der Waals surface area (Å²) in [5.74, 6) is 0.235. The van der Waals surface area contributed by atoms with Crippen molar-refractivity contribution in [3.8, 4) is 5.75 Å². The third-order valence-corrected chi connectivity index (χ3v) is 1.90. The van der Waals surface area contributed by atoms with Crippen LogP contribution in [-0.2, 0) is 6.54 Å². The van der Waals surface area contributed by atoms with E-state index in [0.717, 1.165) is 5.56 Å². The zero-order valence-corrected chi connectivity index (χ0v) is 7.85. The number of rotatable bonds is 5. The molecule has 1 unspecified atom stereocenters. The summed E-state index contributed by atoms with van der Waals surface area (Å²) in [6.07, 6.45) is -0.749. The van der Waals surface area contributed by atoms with Crippen molar-refractivity contribution in [1.29, 1.82) is 0 Å². The second-order valence-corrected chi connectivity index (χ2v) is 3.10. The smallest absolute Gasteiger partial charge is 0.120 e. The second kappa shape index (κ2) is 5.59. The fraction of sp³-hybridized carbons (Fsp3) is 0.400. The number of phenolic OH excluding ortho intramolecular Hbond substituents is 1. The van der Waals surface area contributed by atoms with Crippen LogP contribution in [0, 0.1) is 0 Å². The highest BCUT2D eigenvalue weighted by Crippen LogP contribution is 2.14. The van der Waals surface area contributed by atoms with Crippen molar-refractivity contribution < 1.29 is 15.3 Å². The summed E-state index contributed by atoms with van der Waals surface area (Å²) >= 11 is 0. The van der Waals surface area contributed by atoms with Gasteiger partial charge >= 0.3 is 0 Å². The van der Waals surface area contributed by atoms with E-state index in [-0.39, 0.29) is 12.4 Å². The Morgan fingerprint density at radius 1 is 1.29 bits per heavy atom. The molecule has 0 aliphatic rings. The Balaban J connectivity index is 2.35. The van der Waals surface area contributed by atoms with E-state index >= 15 is 0 Å². The highest BCUT2D eigenvalue weighted by atomic mass is 16.3. The molecule has 0 fully saturated rings. The van der Waals surface area contributed by atoms with E-state index in [0.29, 0.717) is 13.1 Å². The molecule has 0 heterocycles. The summed E-state index contributed by atoms with van der Waals surface area (Å²) in [6, 6.07) is 6.99. The molecule has 0 radical (unpaired) electrons. The molecule has 0 aliphatic carbocycles. The van der Waals surface area contributed by atoms with E-state index in [4.69, 9.17) is 10.2 Å². The van der Waals surface area contributed by atoms with Crippen LogP contribution < -0.4 is 5.32 Å². The molecule has 4 heteroatoms. The summed E-state index contributed by atoms with van der Waals surface area (Å²) in [5, 5.41) is 29.9. The Morgan fingerprint density at radius 2 is 2.00 bits per heavy atom. The minimum absolute atomic E-state index is 0.235. The lowest BCUT2D eigenvalue weighted by Gasteiger charge is -2.09. The highest BCUT2D eigenvalue weighted by molar-refractivity contribution is 5.31. The van der Waals surface area contributed by atoms with Crippen molar-refractivity contribution >= 4 is 0 Å². The van der Waals surface area contributed by atoms with Crippen LogP contribution in [0.2, 0.25) is 0 Å². The molecule has 78 valence electrons. The number of benzene rings is 1. The first kappa shape index (κ1) is 11.0. The number of hydrogen-bond donors (Lipinski definition) is 4. The predicted molar refractivity (Wildman–Crippen MR) is 52.9 cm³/mol. The number of phenols is 1. The van der Waals surface area contributed by atoms with Crippen LogP contribution in [0.15, 0.2) is 24.3 Å². The van der Waals surface area contributed by atoms with Crippen LogP contribution in [0.3, 0.4) is 0 Å². The Hall–Kier alpha value is -1.10. The van der Waals surface area contributed by atoms with Crippen molar-refractivity contribution in [2.24, 2.45) is 0 Å². The van der Waals surface area contributed by atoms with Gasteiger partial charge in [-0.05, 0) is 6.07 Å². The van der Waals surface area contributed by atoms with Crippen molar-refractivity contribution in [3.05, 3.63) is 29.8 Å². The molecule has 4 N–H and O–H groups in total. The molecule has 1 aromatic rings. The first-order valence-corrected chi connectivity index (χ1v) is 4.50. The van der Waals surface area contributed by atoms with Crippen molar-refractivity contribution in [1.82, 2.24) is 5.32 Å². The average molecular weight is 197 g/mol. The van der Waals surface area contributed by atoms with Crippen molar-refractivity contribution in [2.45, 2.75) is 12.6 Å². The van der Waals surface area contributed by atoms with Gasteiger partial charge in [-0.3, -0.25) is 0 Å². The summed E-state index contributed by atoms with van der Waals surface area (Å²) < 4.78 is 0. The minimum Gasteiger partial charge on any atom is -0.508 e. The SMILES string of the molecule is OCC(O)CNCc1ccccc1O. The fourth-order valence-electron chi connectivity index (χ4n) is 1.10. The second-order valence-electron chi connectivity index (χ2n) is 3.10. The van der Waals surface area contributed by atoms with Crippen LogP contribution in [0.1, 0.15) is 5.56 Å². The molecule has 0 amide bonds. The lowest BCUT2D eigenvalue weighted by molar-refractivity contribution is 0.0942. The van der Waals surface area contributed by atoms with Gasteiger partial charge in [-0.25, -0.2) is 0 Å². The Bertz CT molecular complexity index is 278. The summed E-state index contributed by atoms with van der Waals surface area (Å²) in [7, 11) is 0. The maximum Gasteiger partial charge on any atom is 0.120 e. The van der Waals surface area contributed by atoms with Crippen molar-refractivity contribution in [2.75, 3.05) is 13.2 Å². The van der Waals surface area contributed by atoms with E-state index in [1.807, 2.05) is 6.07 Å². The molecule has 0 saturated heterocycles. The summed E-state index contributed by atoms with van der Waals surface area (Å²) in [5.41, 5.74) is 0.776. The number of para-hydroxylation sites is 1. The van der Waals surface area contributed by atoms with Crippen LogP contribution in [0.5, 0.6) is 5.75 Å². The number of aliphatic hydroxyl groups is 2. The number of aliphatic hydroxyl groups excluding tert-OH is 2. The molecule has 0 aliphatic heterocycles. The van der Waals surface area contributed by atoms with Gasteiger partial charge in [0.25, 0.3) is 0 Å². The van der Waals surface area contributed by atoms with E-state index in [2.05, 4.69) is 5.32 Å². The van der Waals surface area contributed by atoms with Gasteiger partial charge in [-0.1, -0.05) is 18.2 Å². The number of aromatic hydroxyl groups is 1. The molecule has 1 aromatic carbocycles. The monoisotopic (exact) mass is 197 g/mol. The van der Waals surface area contributed by atoms with Gasteiger partial charge in [0.2, 0.25) is 0 Å². The third-order valence-electron chi connectivity index (χ3n) is 1.90. The van der Waals surface area contributed by atoms with Gasteiger partial charge in [0.15, 0.2) is 0 Å². The topological polar surface area (TPSA) is 72.7 Å². The molecule has 1 atom stereocenters. The summed E-state index contributed by atoms with van der Waals surface area (Å²) in [6.45, 7) is 0.530. The van der Waals surface area contributed by atoms with Gasteiger partial charge in [0.05, 0.1) is 12.7 Å². The number of nitrogens with one attached hydrogen (secondary N) is 1. The zero-order chi connectivity index (χ0) is 10.4. The molecule has 14 heavy (non-hydrogen) atoms. The standard InChI is InChI=1S/C10H15NO3/c12-7-9(13)6-11-5-8-3-1-2-4-10(8)14/h1-4,9,11-14H,5-7H2. The van der Waals surface area contributed by atoms with Gasteiger partial charge in [0.1, 0.15) is 5.75 Å². The zero-order valence-electron chi connectivity index (χ0n) is 7.85. The Kier molecular flexibility index (Phi) is 4.39. The first-order chi connectivity index (χ1) is 6.74. The molecule has 0 aromatic heterocycles. The highest BCUT2D eigenvalue weighted by Gasteiger charge is 2.02. The average Bonchev–Trinajstić information content (AvgIpc) is 2.20. The van der Waals surface area contributed by atoms with E-state index in [1.165, 1.54) is 0 Å². The molecule has 1 rings (SSSR count). The lowest BCUT2D eigenvalue weighted by atomic mass is 10.2. The maximum absolute atomic E-state index is 9.38. The van der Waals surface area contributed by atoms with Gasteiger partial charge in [-0.15, -0.1) is 0 Å². The van der Waals surface area contributed by atoms with Gasteiger partial charge in [0, 0.05) is 18.7 Å². The van der Waals surface area contributed by atoms with Crippen LogP contribution in [0.25, 0.3) is 0 Å². The van der Waals surface area contributed by atoms with Crippen molar-refractivity contribution in [3.63, 3.8) is 0 Å². The maximum atomic E-state index is 9.38. The molecular weight excluding hydrogens is 182 g/mol. The van der Waals surface area contributed by atoms with Crippen LogP contribution in [-0.4, -0.2) is 34.6 Å². The molecule has 0 saturated carbocycles. The molecule has 0 bridgehead atoms. The molecule has 4 nitrogen and oxygen atoms in total. The van der Waals surface area contributed by atoms with E-state index in [1.54, 1.807) is 18.2 Å². The van der Waals surface area contributed by atoms with Gasteiger partial charge < -0.3 is 20.6 Å². The van der Waals surface area contributed by atoms with E-state index < -0.39 is 6.10 Å². The first-order valence-electron chi connectivity index (χ1n) is 4.50. The van der Waals surface area contributed by atoms with Crippen LogP contribution >= 0.6 is 0 Å². The quantitative estimate of drug-likeness (QED) is 0.529. The largest absolute Gasteiger partial charge is 0.508 e. The third kappa shape index (κ3) is 3.33. The van der Waals surface area contributed by atoms with E-state index in [9.17, 15) is 5.11 Å². The van der Waals surface area contributed by atoms with Gasteiger partial charge in [-0.2, -0.15) is 0 Å². The predicted octanol–water partition coefficient (Wildman–Crippen LogP) is -0.165. The molecular formula is C10H15NO3. The molecule has 0 spiro atoms. The Labute approximate surface area is 82.8 Å². The number of hydrogen-bond acceptors (Lipinski definition) is 4. The lowest BCUT2D eigenvalue weighted by Crippen LogP contribution is -2.28. The summed E-state index contributed by atoms with van der Waals surface area (Å²) in [4.78, 5) is 0. The van der Waals surface area contributed by atoms with Crippen LogP contribution in [0.4, 0.5) is 0 Å². The fourth-order valence-corrected chi connectivity index (χ4v) is 1.10. The normalized spacial score (nSPS) is 12.7. The Morgan fingerprint density at radius 3 is 2.64 bits per heavy atom. The minimum atomic E-state index is -0.749.